The van der Waals surface area contributed by atoms with Gasteiger partial charge in [0.2, 0.25) is 0 Å². The lowest BCUT2D eigenvalue weighted by Crippen LogP contribution is -2.29. The van der Waals surface area contributed by atoms with Gasteiger partial charge in [-0.3, -0.25) is 4.79 Å². The Balaban J connectivity index is 2.32. The predicted octanol–water partition coefficient (Wildman–Crippen LogP) is 0.867. The van der Waals surface area contributed by atoms with E-state index in [0.29, 0.717) is 5.56 Å². The number of nitrogens with zero attached hydrogens (tertiary/aromatic N) is 3. The van der Waals surface area contributed by atoms with Crippen molar-refractivity contribution in [3.8, 4) is 0 Å². The van der Waals surface area contributed by atoms with Crippen molar-refractivity contribution in [2.24, 2.45) is 0 Å². The zero-order valence-corrected chi connectivity index (χ0v) is 8.64. The van der Waals surface area contributed by atoms with Crippen LogP contribution in [0.3, 0.4) is 0 Å². The Morgan fingerprint density at radius 3 is 3.00 bits per heavy atom. The summed E-state index contributed by atoms with van der Waals surface area (Å²) in [5, 5.41) is 6.81. The van der Waals surface area contributed by atoms with Crippen molar-refractivity contribution in [1.82, 2.24) is 19.9 Å². The van der Waals surface area contributed by atoms with Crippen LogP contribution < -0.4 is 5.32 Å². The zero-order chi connectivity index (χ0) is 10.8. The molecule has 5 heteroatoms. The van der Waals surface area contributed by atoms with Crippen LogP contribution in [0.5, 0.6) is 0 Å². The normalized spacial score (nSPS) is 10.9. The van der Waals surface area contributed by atoms with Crippen LogP contribution in [-0.4, -0.2) is 26.5 Å². The minimum atomic E-state index is -0.0875. The second-order valence-electron chi connectivity index (χ2n) is 3.64. The molecule has 15 heavy (non-hydrogen) atoms. The molecule has 0 aliphatic carbocycles. The number of carbonyl (C=O) groups is 1. The Labute approximate surface area is 87.1 Å². The van der Waals surface area contributed by atoms with Gasteiger partial charge in [-0.1, -0.05) is 0 Å². The molecule has 1 N–H and O–H groups in total. The third-order valence-corrected chi connectivity index (χ3v) is 1.96. The molecule has 0 saturated carbocycles. The number of hydrogen-bond acceptors (Lipinski definition) is 3. The molecule has 0 aliphatic heterocycles. The average molecular weight is 204 g/mol. The minimum absolute atomic E-state index is 0.0875. The summed E-state index contributed by atoms with van der Waals surface area (Å²) in [6, 6.07) is 1.89. The number of fused-ring (bicyclic) bond motifs is 1. The van der Waals surface area contributed by atoms with Crippen LogP contribution in [0.1, 0.15) is 24.2 Å². The van der Waals surface area contributed by atoms with Crippen LogP contribution in [0.2, 0.25) is 0 Å². The lowest BCUT2D eigenvalue weighted by Gasteiger charge is -2.05. The fourth-order valence-corrected chi connectivity index (χ4v) is 1.33. The number of nitrogens with one attached hydrogen (secondary N) is 1. The van der Waals surface area contributed by atoms with Crippen molar-refractivity contribution in [2.75, 3.05) is 0 Å². The molecule has 0 aliphatic rings. The van der Waals surface area contributed by atoms with Crippen LogP contribution >= 0.6 is 0 Å². The van der Waals surface area contributed by atoms with Gasteiger partial charge in [0, 0.05) is 12.2 Å². The van der Waals surface area contributed by atoms with Crippen molar-refractivity contribution >= 4 is 11.4 Å². The third-order valence-electron chi connectivity index (χ3n) is 1.96. The average Bonchev–Trinajstić information content (AvgIpc) is 2.59. The Bertz CT molecular complexity index is 456. The first-order valence-corrected chi connectivity index (χ1v) is 4.76. The second kappa shape index (κ2) is 3.68. The first-order valence-electron chi connectivity index (χ1n) is 4.76. The summed E-state index contributed by atoms with van der Waals surface area (Å²) in [4.78, 5) is 15.5. The van der Waals surface area contributed by atoms with E-state index in [-0.39, 0.29) is 11.9 Å². The first kappa shape index (κ1) is 9.64. The highest BCUT2D eigenvalue weighted by atomic mass is 16.1. The summed E-state index contributed by atoms with van der Waals surface area (Å²) in [7, 11) is 0. The summed E-state index contributed by atoms with van der Waals surface area (Å²) < 4.78 is 1.63. The second-order valence-corrected chi connectivity index (χ2v) is 3.64. The van der Waals surface area contributed by atoms with Crippen molar-refractivity contribution in [1.29, 1.82) is 0 Å². The van der Waals surface area contributed by atoms with E-state index in [4.69, 9.17) is 0 Å². The molecule has 0 unspecified atom stereocenters. The number of rotatable bonds is 2. The molecule has 5 nitrogen and oxygen atoms in total. The largest absolute Gasteiger partial charge is 0.350 e. The van der Waals surface area contributed by atoms with E-state index in [1.165, 1.54) is 6.33 Å². The topological polar surface area (TPSA) is 59.3 Å². The number of carbonyl (C=O) groups excluding carboxylic acids is 1. The molecule has 2 aromatic rings. The fraction of sp³-hybridized carbons (Fsp3) is 0.300. The van der Waals surface area contributed by atoms with Gasteiger partial charge < -0.3 is 5.32 Å². The van der Waals surface area contributed by atoms with Crippen LogP contribution in [0.15, 0.2) is 24.8 Å². The molecule has 78 valence electrons. The molecule has 2 heterocycles. The number of hydrogen-bond donors (Lipinski definition) is 1. The third kappa shape index (κ3) is 1.96. The molecule has 1 amide bonds. The monoisotopic (exact) mass is 204 g/mol. The van der Waals surface area contributed by atoms with Crippen molar-refractivity contribution < 1.29 is 4.79 Å². The lowest BCUT2D eigenvalue weighted by atomic mass is 10.3. The van der Waals surface area contributed by atoms with Crippen molar-refractivity contribution in [3.63, 3.8) is 0 Å². The Kier molecular flexibility index (Phi) is 2.37. The maximum absolute atomic E-state index is 11.7. The number of aromatic nitrogens is 3. The Morgan fingerprint density at radius 2 is 2.33 bits per heavy atom. The summed E-state index contributed by atoms with van der Waals surface area (Å²) in [5.74, 6) is -0.0875. The van der Waals surface area contributed by atoms with Gasteiger partial charge in [-0.2, -0.15) is 5.10 Å². The van der Waals surface area contributed by atoms with Gasteiger partial charge in [-0.25, -0.2) is 9.50 Å². The molecule has 0 atom stereocenters. The van der Waals surface area contributed by atoms with E-state index in [9.17, 15) is 4.79 Å². The molecule has 0 aromatic carbocycles. The predicted molar refractivity (Wildman–Crippen MR) is 55.6 cm³/mol. The van der Waals surface area contributed by atoms with Crippen molar-refractivity contribution in [2.45, 2.75) is 19.9 Å². The quantitative estimate of drug-likeness (QED) is 0.789. The lowest BCUT2D eigenvalue weighted by molar-refractivity contribution is 0.0943. The summed E-state index contributed by atoms with van der Waals surface area (Å²) >= 11 is 0. The highest BCUT2D eigenvalue weighted by molar-refractivity contribution is 5.95. The molecule has 0 saturated heterocycles. The summed E-state index contributed by atoms with van der Waals surface area (Å²) in [5.41, 5.74) is 1.41. The van der Waals surface area contributed by atoms with Crippen LogP contribution in [-0.2, 0) is 0 Å². The highest BCUT2D eigenvalue weighted by Crippen LogP contribution is 2.06. The molecule has 0 radical (unpaired) electrons. The standard InChI is InChI=1S/C10H12N4O/c1-7(2)13-10(15)8-3-9-4-11-6-12-14(9)5-8/h3-7H,1-2H3,(H,13,15). The van der Waals surface area contributed by atoms with Gasteiger partial charge >= 0.3 is 0 Å². The maximum Gasteiger partial charge on any atom is 0.253 e. The van der Waals surface area contributed by atoms with E-state index in [1.807, 2.05) is 13.8 Å². The maximum atomic E-state index is 11.7. The molecule has 0 spiro atoms. The Morgan fingerprint density at radius 1 is 1.53 bits per heavy atom. The van der Waals surface area contributed by atoms with E-state index < -0.39 is 0 Å². The molecule has 0 bridgehead atoms. The van der Waals surface area contributed by atoms with E-state index in [0.717, 1.165) is 5.52 Å². The SMILES string of the molecule is CC(C)NC(=O)c1cc2cncnn2c1. The van der Waals surface area contributed by atoms with E-state index in [1.54, 1.807) is 23.0 Å². The van der Waals surface area contributed by atoms with Crippen molar-refractivity contribution in [3.05, 3.63) is 30.4 Å². The van der Waals surface area contributed by atoms with Gasteiger partial charge in [-0.15, -0.1) is 0 Å². The van der Waals surface area contributed by atoms with Gasteiger partial charge in [0.1, 0.15) is 6.33 Å². The molecular formula is C10H12N4O. The van der Waals surface area contributed by atoms with E-state index in [2.05, 4.69) is 15.4 Å². The zero-order valence-electron chi connectivity index (χ0n) is 8.64. The molecular weight excluding hydrogens is 192 g/mol. The fourth-order valence-electron chi connectivity index (χ4n) is 1.33. The Hall–Kier alpha value is -1.91. The summed E-state index contributed by atoms with van der Waals surface area (Å²) in [6.07, 6.45) is 4.80. The van der Waals surface area contributed by atoms with Gasteiger partial charge in [0.25, 0.3) is 5.91 Å². The van der Waals surface area contributed by atoms with Gasteiger partial charge in [0.15, 0.2) is 0 Å². The molecule has 2 rings (SSSR count). The first-order chi connectivity index (χ1) is 7.16. The van der Waals surface area contributed by atoms with Crippen LogP contribution in [0.25, 0.3) is 5.52 Å². The van der Waals surface area contributed by atoms with Crippen LogP contribution in [0.4, 0.5) is 0 Å². The van der Waals surface area contributed by atoms with Gasteiger partial charge in [-0.05, 0) is 19.9 Å². The smallest absolute Gasteiger partial charge is 0.253 e. The van der Waals surface area contributed by atoms with Gasteiger partial charge in [0.05, 0.1) is 17.3 Å². The summed E-state index contributed by atoms with van der Waals surface area (Å²) in [6.45, 7) is 3.85. The number of amides is 1. The molecule has 2 aromatic heterocycles. The highest BCUT2D eigenvalue weighted by Gasteiger charge is 2.09. The minimum Gasteiger partial charge on any atom is -0.350 e. The van der Waals surface area contributed by atoms with Crippen LogP contribution in [0, 0.1) is 0 Å². The van der Waals surface area contributed by atoms with E-state index >= 15 is 0 Å². The molecule has 0 fully saturated rings.